The molecule has 1 N–H and O–H groups in total. The number of carbonyl (C=O) groups is 1. The molecule has 1 saturated heterocycles. The van der Waals surface area contributed by atoms with Crippen LogP contribution in [0.5, 0.6) is 0 Å². The molecule has 1 amide bonds. The Balaban J connectivity index is 2.34. The first-order valence-electron chi connectivity index (χ1n) is 7.23. The third-order valence-corrected chi connectivity index (χ3v) is 3.91. The highest BCUT2D eigenvalue weighted by molar-refractivity contribution is 5.81. The van der Waals surface area contributed by atoms with Crippen molar-refractivity contribution in [1.82, 2.24) is 15.1 Å². The number of rotatable bonds is 7. The van der Waals surface area contributed by atoms with Gasteiger partial charge in [-0.3, -0.25) is 9.69 Å². The molecule has 112 valence electrons. The molecule has 1 rings (SSSR count). The van der Waals surface area contributed by atoms with Gasteiger partial charge in [-0.1, -0.05) is 0 Å². The number of methoxy groups -OCH3 is 1. The minimum Gasteiger partial charge on any atom is -0.385 e. The maximum Gasteiger partial charge on any atom is 0.237 e. The first kappa shape index (κ1) is 16.4. The fourth-order valence-electron chi connectivity index (χ4n) is 2.50. The lowest BCUT2D eigenvalue weighted by Gasteiger charge is -2.38. The van der Waals surface area contributed by atoms with Crippen molar-refractivity contribution in [2.45, 2.75) is 38.3 Å². The molecule has 0 spiro atoms. The van der Waals surface area contributed by atoms with Crippen molar-refractivity contribution in [3.8, 4) is 0 Å². The zero-order valence-corrected chi connectivity index (χ0v) is 12.8. The van der Waals surface area contributed by atoms with Gasteiger partial charge in [-0.05, 0) is 46.8 Å². The lowest BCUT2D eigenvalue weighted by atomic mass is 10.0. The number of carbonyl (C=O) groups excluding carboxylic acids is 1. The predicted molar refractivity (Wildman–Crippen MR) is 77.2 cm³/mol. The van der Waals surface area contributed by atoms with E-state index in [0.29, 0.717) is 19.2 Å². The Morgan fingerprint density at radius 1 is 1.53 bits per heavy atom. The zero-order valence-electron chi connectivity index (χ0n) is 12.8. The van der Waals surface area contributed by atoms with Crippen LogP contribution in [0, 0.1) is 0 Å². The van der Waals surface area contributed by atoms with Gasteiger partial charge in [-0.15, -0.1) is 0 Å². The SMILES string of the molecule is COCCCNC(=O)C(C)N1CCCC(N(C)C)C1. The summed E-state index contributed by atoms with van der Waals surface area (Å²) in [6.45, 7) is 5.41. The Bertz CT molecular complexity index is 271. The molecule has 0 radical (unpaired) electrons. The number of likely N-dealkylation sites (N-methyl/N-ethyl adjacent to an activating group) is 1. The van der Waals surface area contributed by atoms with Gasteiger partial charge in [0.2, 0.25) is 5.91 Å². The minimum atomic E-state index is -0.0368. The van der Waals surface area contributed by atoms with Crippen molar-refractivity contribution >= 4 is 5.91 Å². The van der Waals surface area contributed by atoms with Gasteiger partial charge >= 0.3 is 0 Å². The largest absolute Gasteiger partial charge is 0.385 e. The molecule has 1 heterocycles. The Morgan fingerprint density at radius 3 is 2.89 bits per heavy atom. The average molecular weight is 271 g/mol. The van der Waals surface area contributed by atoms with E-state index in [-0.39, 0.29) is 11.9 Å². The molecule has 19 heavy (non-hydrogen) atoms. The quantitative estimate of drug-likeness (QED) is 0.687. The average Bonchev–Trinajstić information content (AvgIpc) is 2.42. The van der Waals surface area contributed by atoms with Gasteiger partial charge < -0.3 is 15.0 Å². The lowest BCUT2D eigenvalue weighted by molar-refractivity contribution is -0.126. The van der Waals surface area contributed by atoms with Crippen LogP contribution in [0.3, 0.4) is 0 Å². The van der Waals surface area contributed by atoms with Crippen molar-refractivity contribution in [2.75, 3.05) is 47.4 Å². The summed E-state index contributed by atoms with van der Waals surface area (Å²) in [5.41, 5.74) is 0. The van der Waals surface area contributed by atoms with Crippen molar-refractivity contribution in [2.24, 2.45) is 0 Å². The van der Waals surface area contributed by atoms with E-state index in [1.165, 1.54) is 12.8 Å². The molecule has 0 aromatic rings. The van der Waals surface area contributed by atoms with Gasteiger partial charge in [0.25, 0.3) is 0 Å². The highest BCUT2D eigenvalue weighted by atomic mass is 16.5. The number of likely N-dealkylation sites (tertiary alicyclic amines) is 1. The second kappa shape index (κ2) is 8.51. The van der Waals surface area contributed by atoms with Crippen LogP contribution in [0.2, 0.25) is 0 Å². The van der Waals surface area contributed by atoms with Crippen molar-refractivity contribution in [3.05, 3.63) is 0 Å². The molecule has 0 bridgehead atoms. The molecule has 2 atom stereocenters. The molecule has 5 heteroatoms. The van der Waals surface area contributed by atoms with Gasteiger partial charge in [0.05, 0.1) is 6.04 Å². The number of amides is 1. The fraction of sp³-hybridized carbons (Fsp3) is 0.929. The monoisotopic (exact) mass is 271 g/mol. The number of hydrogen-bond acceptors (Lipinski definition) is 4. The number of ether oxygens (including phenoxy) is 1. The van der Waals surface area contributed by atoms with E-state index in [2.05, 4.69) is 29.2 Å². The van der Waals surface area contributed by atoms with Crippen LogP contribution in [0.25, 0.3) is 0 Å². The lowest BCUT2D eigenvalue weighted by Crippen LogP contribution is -2.53. The Hall–Kier alpha value is -0.650. The van der Waals surface area contributed by atoms with Crippen LogP contribution in [0.1, 0.15) is 26.2 Å². The Labute approximate surface area is 117 Å². The summed E-state index contributed by atoms with van der Waals surface area (Å²) in [6.07, 6.45) is 3.27. The van der Waals surface area contributed by atoms with E-state index in [9.17, 15) is 4.79 Å². The molecule has 0 saturated carbocycles. The van der Waals surface area contributed by atoms with Crippen LogP contribution in [0.4, 0.5) is 0 Å². The normalized spacial score (nSPS) is 22.5. The van der Waals surface area contributed by atoms with E-state index >= 15 is 0 Å². The van der Waals surface area contributed by atoms with E-state index in [1.54, 1.807) is 7.11 Å². The number of hydrogen-bond donors (Lipinski definition) is 1. The van der Waals surface area contributed by atoms with Crippen molar-refractivity contribution in [3.63, 3.8) is 0 Å². The molecule has 1 aliphatic heterocycles. The number of piperidine rings is 1. The molecule has 0 aromatic carbocycles. The molecule has 1 aliphatic rings. The third-order valence-electron chi connectivity index (χ3n) is 3.91. The summed E-state index contributed by atoms with van der Waals surface area (Å²) >= 11 is 0. The number of nitrogens with one attached hydrogen (secondary N) is 1. The highest BCUT2D eigenvalue weighted by Crippen LogP contribution is 2.16. The summed E-state index contributed by atoms with van der Waals surface area (Å²) < 4.78 is 4.97. The van der Waals surface area contributed by atoms with Crippen LogP contribution in [-0.2, 0) is 9.53 Å². The minimum absolute atomic E-state index is 0.0368. The molecule has 0 aliphatic carbocycles. The Morgan fingerprint density at radius 2 is 2.26 bits per heavy atom. The first-order valence-corrected chi connectivity index (χ1v) is 7.23. The van der Waals surface area contributed by atoms with E-state index < -0.39 is 0 Å². The summed E-state index contributed by atoms with van der Waals surface area (Å²) in [6, 6.07) is 0.530. The van der Waals surface area contributed by atoms with E-state index in [4.69, 9.17) is 4.74 Å². The molecule has 5 nitrogen and oxygen atoms in total. The molecule has 0 aromatic heterocycles. The predicted octanol–water partition coefficient (Wildman–Crippen LogP) is 0.554. The first-order chi connectivity index (χ1) is 9.06. The van der Waals surface area contributed by atoms with Gasteiger partial charge in [0.1, 0.15) is 0 Å². The number of nitrogens with zero attached hydrogens (tertiary/aromatic N) is 2. The standard InChI is InChI=1S/C14H29N3O2/c1-12(14(18)15-8-6-10-19-4)17-9-5-7-13(11-17)16(2)3/h12-13H,5-11H2,1-4H3,(H,15,18). The van der Waals surface area contributed by atoms with E-state index in [0.717, 1.165) is 19.5 Å². The third kappa shape index (κ3) is 5.47. The highest BCUT2D eigenvalue weighted by Gasteiger charge is 2.27. The smallest absolute Gasteiger partial charge is 0.237 e. The topological polar surface area (TPSA) is 44.8 Å². The molecule has 2 unspecified atom stereocenters. The molecular weight excluding hydrogens is 242 g/mol. The van der Waals surface area contributed by atoms with E-state index in [1.807, 2.05) is 6.92 Å². The molecule has 1 fully saturated rings. The fourth-order valence-corrected chi connectivity index (χ4v) is 2.50. The zero-order chi connectivity index (χ0) is 14.3. The molecular formula is C14H29N3O2. The summed E-state index contributed by atoms with van der Waals surface area (Å²) in [4.78, 5) is 16.6. The van der Waals surface area contributed by atoms with Gasteiger partial charge in [0, 0.05) is 32.8 Å². The Kier molecular flexibility index (Phi) is 7.34. The summed E-state index contributed by atoms with van der Waals surface area (Å²) in [7, 11) is 5.91. The second-order valence-electron chi connectivity index (χ2n) is 5.57. The van der Waals surface area contributed by atoms with Crippen molar-refractivity contribution < 1.29 is 9.53 Å². The van der Waals surface area contributed by atoms with Gasteiger partial charge in [-0.2, -0.15) is 0 Å². The van der Waals surface area contributed by atoms with Crippen LogP contribution >= 0.6 is 0 Å². The van der Waals surface area contributed by atoms with Crippen LogP contribution < -0.4 is 5.32 Å². The van der Waals surface area contributed by atoms with Crippen LogP contribution in [0.15, 0.2) is 0 Å². The maximum absolute atomic E-state index is 12.1. The maximum atomic E-state index is 12.1. The summed E-state index contributed by atoms with van der Waals surface area (Å²) in [5.74, 6) is 0.135. The van der Waals surface area contributed by atoms with Crippen LogP contribution in [-0.4, -0.2) is 75.2 Å². The second-order valence-corrected chi connectivity index (χ2v) is 5.57. The summed E-state index contributed by atoms with van der Waals surface area (Å²) in [5, 5.41) is 2.98. The van der Waals surface area contributed by atoms with Gasteiger partial charge in [0.15, 0.2) is 0 Å². The van der Waals surface area contributed by atoms with Gasteiger partial charge in [-0.25, -0.2) is 0 Å². The van der Waals surface area contributed by atoms with Crippen molar-refractivity contribution in [1.29, 1.82) is 0 Å².